The van der Waals surface area contributed by atoms with Gasteiger partial charge in [-0.15, -0.1) is 0 Å². The second kappa shape index (κ2) is 6.60. The summed E-state index contributed by atoms with van der Waals surface area (Å²) in [5, 5.41) is 4.38. The van der Waals surface area contributed by atoms with Gasteiger partial charge in [-0.25, -0.2) is 13.2 Å². The Balaban J connectivity index is 1.60. The maximum absolute atomic E-state index is 13.9. The molecule has 3 aromatic rings. The van der Waals surface area contributed by atoms with E-state index in [-0.39, 0.29) is 6.04 Å². The molecule has 0 unspecified atom stereocenters. The van der Waals surface area contributed by atoms with Crippen LogP contribution in [0.25, 0.3) is 10.9 Å². The smallest absolute Gasteiger partial charge is 0.254 e. The lowest BCUT2D eigenvalue weighted by atomic mass is 9.91. The minimum absolute atomic E-state index is 0.240. The number of fused-ring (bicyclic) bond motifs is 3. The van der Waals surface area contributed by atoms with Gasteiger partial charge in [0.15, 0.2) is 17.5 Å². The van der Waals surface area contributed by atoms with Crippen molar-refractivity contribution in [1.82, 2.24) is 10.3 Å². The van der Waals surface area contributed by atoms with E-state index in [2.05, 4.69) is 10.3 Å². The van der Waals surface area contributed by atoms with Crippen molar-refractivity contribution in [2.75, 3.05) is 0 Å². The first-order valence-electron chi connectivity index (χ1n) is 8.59. The van der Waals surface area contributed by atoms with Crippen molar-refractivity contribution in [3.63, 3.8) is 0 Å². The van der Waals surface area contributed by atoms with Crippen molar-refractivity contribution < 1.29 is 18.0 Å². The standard InChI is InChI=1S/C20H16ClF3N2O/c1-9-6-10(21)7-14-13-8-11(2-5-16(13)26-19(9)14)25-20(27)12-3-4-15(22)18(24)17(12)23/h3-4,6-7,11,26H,2,5,8H2,1H3,(H,25,27)/t11-/m0/s1. The SMILES string of the molecule is Cc1cc(Cl)cc2c3c([nH]c12)CC[C@H](NC(=O)c1ccc(F)c(F)c1F)C3. The minimum atomic E-state index is -1.64. The second-order valence-corrected chi connectivity index (χ2v) is 7.30. The Morgan fingerprint density at radius 2 is 2.00 bits per heavy atom. The Bertz CT molecular complexity index is 1080. The van der Waals surface area contributed by atoms with E-state index in [0.29, 0.717) is 24.3 Å². The van der Waals surface area contributed by atoms with Gasteiger partial charge in [-0.3, -0.25) is 4.79 Å². The van der Waals surface area contributed by atoms with Crippen LogP contribution in [-0.4, -0.2) is 16.9 Å². The van der Waals surface area contributed by atoms with Gasteiger partial charge in [0.05, 0.1) is 5.56 Å². The normalized spacial score (nSPS) is 16.4. The molecule has 3 nitrogen and oxygen atoms in total. The van der Waals surface area contributed by atoms with Crippen molar-refractivity contribution in [3.8, 4) is 0 Å². The molecule has 0 aliphatic heterocycles. The molecule has 0 saturated carbocycles. The molecule has 2 N–H and O–H groups in total. The number of benzene rings is 2. The number of nitrogens with one attached hydrogen (secondary N) is 2. The fourth-order valence-corrected chi connectivity index (χ4v) is 4.01. The average molecular weight is 393 g/mol. The molecule has 1 amide bonds. The zero-order chi connectivity index (χ0) is 19.3. The summed E-state index contributed by atoms with van der Waals surface area (Å²) >= 11 is 6.18. The van der Waals surface area contributed by atoms with E-state index in [1.165, 1.54) is 0 Å². The summed E-state index contributed by atoms with van der Waals surface area (Å²) in [7, 11) is 0. The molecule has 4 rings (SSSR count). The molecular formula is C20H16ClF3N2O. The van der Waals surface area contributed by atoms with Crippen LogP contribution < -0.4 is 5.32 Å². The van der Waals surface area contributed by atoms with Gasteiger partial charge in [-0.1, -0.05) is 11.6 Å². The van der Waals surface area contributed by atoms with Crippen molar-refractivity contribution >= 4 is 28.4 Å². The largest absolute Gasteiger partial charge is 0.358 e. The fraction of sp³-hybridized carbons (Fsp3) is 0.250. The maximum atomic E-state index is 13.9. The first-order chi connectivity index (χ1) is 12.8. The molecule has 1 aromatic heterocycles. The van der Waals surface area contributed by atoms with E-state index >= 15 is 0 Å². The van der Waals surface area contributed by atoms with E-state index in [0.717, 1.165) is 39.9 Å². The van der Waals surface area contributed by atoms with Gasteiger partial charge >= 0.3 is 0 Å². The molecule has 7 heteroatoms. The van der Waals surface area contributed by atoms with Crippen LogP contribution in [0.2, 0.25) is 5.02 Å². The third-order valence-corrected chi connectivity index (χ3v) is 5.29. The number of rotatable bonds is 2. The number of aryl methyl sites for hydroxylation is 2. The fourth-order valence-electron chi connectivity index (χ4n) is 3.74. The summed E-state index contributed by atoms with van der Waals surface area (Å²) in [5.74, 6) is -5.19. The van der Waals surface area contributed by atoms with Gasteiger partial charge in [-0.05, 0) is 61.6 Å². The summed E-state index contributed by atoms with van der Waals surface area (Å²) in [6, 6.07) is 5.23. The Kier molecular flexibility index (Phi) is 4.38. The van der Waals surface area contributed by atoms with Crippen molar-refractivity contribution in [3.05, 3.63) is 69.1 Å². The minimum Gasteiger partial charge on any atom is -0.358 e. The molecule has 1 heterocycles. The monoisotopic (exact) mass is 392 g/mol. The lowest BCUT2D eigenvalue weighted by Crippen LogP contribution is -2.39. The Hall–Kier alpha value is -2.47. The number of halogens is 4. The molecule has 1 aliphatic rings. The summed E-state index contributed by atoms with van der Waals surface area (Å²) in [4.78, 5) is 15.8. The molecule has 140 valence electrons. The van der Waals surface area contributed by atoms with E-state index in [1.807, 2.05) is 19.1 Å². The highest BCUT2D eigenvalue weighted by Gasteiger charge is 2.26. The summed E-state index contributed by atoms with van der Waals surface area (Å²) in [5.41, 5.74) is 3.72. The first kappa shape index (κ1) is 17.9. The Morgan fingerprint density at radius 3 is 2.78 bits per heavy atom. The molecule has 1 aliphatic carbocycles. The van der Waals surface area contributed by atoms with Gasteiger partial charge in [0.1, 0.15) is 0 Å². The number of hydrogen-bond donors (Lipinski definition) is 2. The highest BCUT2D eigenvalue weighted by Crippen LogP contribution is 2.33. The van der Waals surface area contributed by atoms with Crippen LogP contribution >= 0.6 is 11.6 Å². The molecule has 0 bridgehead atoms. The van der Waals surface area contributed by atoms with Crippen molar-refractivity contribution in [2.45, 2.75) is 32.2 Å². The number of amides is 1. The highest BCUT2D eigenvalue weighted by atomic mass is 35.5. The molecule has 27 heavy (non-hydrogen) atoms. The summed E-state index contributed by atoms with van der Waals surface area (Å²) < 4.78 is 40.3. The summed E-state index contributed by atoms with van der Waals surface area (Å²) in [6.45, 7) is 1.97. The average Bonchev–Trinajstić information content (AvgIpc) is 2.98. The lowest BCUT2D eigenvalue weighted by Gasteiger charge is -2.24. The van der Waals surface area contributed by atoms with Crippen LogP contribution in [0.15, 0.2) is 24.3 Å². The molecule has 0 saturated heterocycles. The van der Waals surface area contributed by atoms with Crippen LogP contribution in [0.4, 0.5) is 13.2 Å². The molecule has 0 spiro atoms. The number of H-pyrrole nitrogens is 1. The lowest BCUT2D eigenvalue weighted by molar-refractivity contribution is 0.0928. The molecular weight excluding hydrogens is 377 g/mol. The van der Waals surface area contributed by atoms with Gasteiger partial charge in [-0.2, -0.15) is 0 Å². The predicted molar refractivity (Wildman–Crippen MR) is 97.6 cm³/mol. The number of carbonyl (C=O) groups is 1. The van der Waals surface area contributed by atoms with Gasteiger partial charge in [0.25, 0.3) is 5.91 Å². The number of hydrogen-bond acceptors (Lipinski definition) is 1. The van der Waals surface area contributed by atoms with Crippen LogP contribution in [-0.2, 0) is 12.8 Å². The molecule has 0 fully saturated rings. The van der Waals surface area contributed by atoms with Crippen LogP contribution in [0.1, 0.15) is 33.6 Å². The van der Waals surface area contributed by atoms with E-state index < -0.39 is 28.9 Å². The van der Waals surface area contributed by atoms with Gasteiger partial charge in [0, 0.05) is 27.7 Å². The number of carbonyl (C=O) groups excluding carboxylic acids is 1. The quantitative estimate of drug-likeness (QED) is 0.602. The van der Waals surface area contributed by atoms with E-state index in [9.17, 15) is 18.0 Å². The van der Waals surface area contributed by atoms with Crippen molar-refractivity contribution in [2.24, 2.45) is 0 Å². The Labute approximate surface area is 158 Å². The van der Waals surface area contributed by atoms with Crippen molar-refractivity contribution in [1.29, 1.82) is 0 Å². The Morgan fingerprint density at radius 1 is 1.22 bits per heavy atom. The van der Waals surface area contributed by atoms with Crippen LogP contribution in [0.3, 0.4) is 0 Å². The predicted octanol–water partition coefficient (Wildman–Crippen LogP) is 4.83. The number of aromatic amines is 1. The molecule has 2 aromatic carbocycles. The highest BCUT2D eigenvalue weighted by molar-refractivity contribution is 6.31. The zero-order valence-corrected chi connectivity index (χ0v) is 15.2. The van der Waals surface area contributed by atoms with E-state index in [1.54, 1.807) is 0 Å². The molecule has 1 atom stereocenters. The second-order valence-electron chi connectivity index (χ2n) is 6.86. The topological polar surface area (TPSA) is 44.9 Å². The van der Waals surface area contributed by atoms with Gasteiger partial charge < -0.3 is 10.3 Å². The number of aromatic nitrogens is 1. The third kappa shape index (κ3) is 3.08. The van der Waals surface area contributed by atoms with E-state index in [4.69, 9.17) is 11.6 Å². The molecule has 0 radical (unpaired) electrons. The van der Waals surface area contributed by atoms with Gasteiger partial charge in [0.2, 0.25) is 0 Å². The first-order valence-corrected chi connectivity index (χ1v) is 8.97. The van der Waals surface area contributed by atoms with Crippen LogP contribution in [0, 0.1) is 24.4 Å². The van der Waals surface area contributed by atoms with Crippen LogP contribution in [0.5, 0.6) is 0 Å². The third-order valence-electron chi connectivity index (χ3n) is 5.07. The maximum Gasteiger partial charge on any atom is 0.254 e. The zero-order valence-electron chi connectivity index (χ0n) is 14.4. The summed E-state index contributed by atoms with van der Waals surface area (Å²) in [6.07, 6.45) is 1.92.